The molecule has 0 aliphatic carbocycles. The Kier molecular flexibility index (Phi) is 5.30. The van der Waals surface area contributed by atoms with E-state index >= 15 is 0 Å². The minimum absolute atomic E-state index is 0.00601. The second-order valence-corrected chi connectivity index (χ2v) is 6.81. The molecule has 1 amide bonds. The number of aromatic nitrogens is 3. The van der Waals surface area contributed by atoms with E-state index in [0.717, 1.165) is 16.8 Å². The minimum atomic E-state index is -2.87. The molecule has 0 fully saturated rings. The van der Waals surface area contributed by atoms with Crippen LogP contribution >= 0.6 is 11.6 Å². The molecule has 11 heteroatoms. The summed E-state index contributed by atoms with van der Waals surface area (Å²) in [6, 6.07) is 13.4. The van der Waals surface area contributed by atoms with Crippen molar-refractivity contribution in [2.24, 2.45) is 0 Å². The van der Waals surface area contributed by atoms with Gasteiger partial charge in [0.2, 0.25) is 0 Å². The number of carbonyl (C=O) groups is 1. The van der Waals surface area contributed by atoms with Gasteiger partial charge in [0, 0.05) is 17.7 Å². The molecular weight excluding hydrogens is 432 g/mol. The van der Waals surface area contributed by atoms with E-state index in [1.807, 2.05) is 0 Å². The fourth-order valence-corrected chi connectivity index (χ4v) is 3.14. The number of benzene rings is 2. The number of amides is 1. The number of nitro groups is 1. The molecule has 0 spiro atoms. The van der Waals surface area contributed by atoms with Gasteiger partial charge in [0.25, 0.3) is 18.0 Å². The van der Waals surface area contributed by atoms with E-state index in [1.165, 1.54) is 18.2 Å². The zero-order valence-electron chi connectivity index (χ0n) is 15.5. The molecule has 2 aromatic carbocycles. The van der Waals surface area contributed by atoms with Crippen molar-refractivity contribution in [3.05, 3.63) is 87.2 Å². The second kappa shape index (κ2) is 8.07. The molecule has 31 heavy (non-hydrogen) atoms. The van der Waals surface area contributed by atoms with Gasteiger partial charge in [-0.1, -0.05) is 41.9 Å². The Morgan fingerprint density at radius 1 is 1.16 bits per heavy atom. The standard InChI is InChI=1S/C20H12ClF2N5O3/c21-14-7-6-12(28(30)31)8-16(14)26-20(29)13-10-24-27-17(18(22)23)9-15(25-19(13)27)11-4-2-1-3-5-11/h1-10,18H,(H,26,29). The smallest absolute Gasteiger partial charge is 0.280 e. The normalized spacial score (nSPS) is 11.1. The molecule has 0 bridgehead atoms. The Hall–Kier alpha value is -3.92. The second-order valence-electron chi connectivity index (χ2n) is 6.40. The maximum absolute atomic E-state index is 13.7. The van der Waals surface area contributed by atoms with E-state index in [2.05, 4.69) is 15.4 Å². The summed E-state index contributed by atoms with van der Waals surface area (Å²) in [7, 11) is 0. The summed E-state index contributed by atoms with van der Waals surface area (Å²) in [5.41, 5.74) is -0.0701. The number of hydrogen-bond acceptors (Lipinski definition) is 5. The Morgan fingerprint density at radius 3 is 2.58 bits per heavy atom. The molecule has 0 unspecified atom stereocenters. The van der Waals surface area contributed by atoms with Gasteiger partial charge >= 0.3 is 0 Å². The summed E-state index contributed by atoms with van der Waals surface area (Å²) in [5.74, 6) is -0.754. The van der Waals surface area contributed by atoms with Crippen LogP contribution in [0.25, 0.3) is 16.9 Å². The van der Waals surface area contributed by atoms with Gasteiger partial charge in [-0.05, 0) is 12.1 Å². The monoisotopic (exact) mass is 443 g/mol. The molecule has 0 saturated carbocycles. The summed E-state index contributed by atoms with van der Waals surface area (Å²) in [6.07, 6.45) is -1.76. The van der Waals surface area contributed by atoms with Crippen LogP contribution in [-0.4, -0.2) is 25.4 Å². The number of nitrogens with one attached hydrogen (secondary N) is 1. The summed E-state index contributed by atoms with van der Waals surface area (Å²) in [6.45, 7) is 0. The Morgan fingerprint density at radius 2 is 1.90 bits per heavy atom. The molecule has 0 atom stereocenters. The SMILES string of the molecule is O=C(Nc1cc([N+](=O)[O-])ccc1Cl)c1cnn2c(C(F)F)cc(-c3ccccc3)nc12. The van der Waals surface area contributed by atoms with Gasteiger partial charge in [-0.3, -0.25) is 14.9 Å². The summed E-state index contributed by atoms with van der Waals surface area (Å²) < 4.78 is 28.2. The number of alkyl halides is 2. The fourth-order valence-electron chi connectivity index (χ4n) is 2.97. The first kappa shape index (κ1) is 20.4. The Balaban J connectivity index is 1.79. The van der Waals surface area contributed by atoms with Gasteiger partial charge < -0.3 is 5.32 Å². The van der Waals surface area contributed by atoms with E-state index in [-0.39, 0.29) is 33.3 Å². The van der Waals surface area contributed by atoms with Gasteiger partial charge in [-0.2, -0.15) is 5.10 Å². The highest BCUT2D eigenvalue weighted by Crippen LogP contribution is 2.29. The molecule has 156 valence electrons. The molecule has 4 aromatic rings. The van der Waals surface area contributed by atoms with Gasteiger partial charge in [0.05, 0.1) is 27.5 Å². The maximum Gasteiger partial charge on any atom is 0.280 e. The molecule has 0 aliphatic heterocycles. The highest BCUT2D eigenvalue weighted by atomic mass is 35.5. The van der Waals surface area contributed by atoms with E-state index in [4.69, 9.17) is 11.6 Å². The lowest BCUT2D eigenvalue weighted by Crippen LogP contribution is -2.13. The van der Waals surface area contributed by atoms with Gasteiger partial charge in [-0.25, -0.2) is 18.3 Å². The fraction of sp³-hybridized carbons (Fsp3) is 0.0500. The van der Waals surface area contributed by atoms with Crippen LogP contribution in [-0.2, 0) is 0 Å². The summed E-state index contributed by atoms with van der Waals surface area (Å²) in [5, 5.41) is 17.4. The largest absolute Gasteiger partial charge is 0.320 e. The van der Waals surface area contributed by atoms with Crippen molar-refractivity contribution in [2.75, 3.05) is 5.32 Å². The number of rotatable bonds is 5. The summed E-state index contributed by atoms with van der Waals surface area (Å²) >= 11 is 6.02. The van der Waals surface area contributed by atoms with Crippen LogP contribution in [0, 0.1) is 10.1 Å². The average Bonchev–Trinajstić information content (AvgIpc) is 3.19. The van der Waals surface area contributed by atoms with Crippen molar-refractivity contribution in [3.63, 3.8) is 0 Å². The third-order valence-corrected chi connectivity index (χ3v) is 4.78. The first-order valence-electron chi connectivity index (χ1n) is 8.82. The van der Waals surface area contributed by atoms with E-state index in [1.54, 1.807) is 30.3 Å². The maximum atomic E-state index is 13.7. The summed E-state index contributed by atoms with van der Waals surface area (Å²) in [4.78, 5) is 27.5. The van der Waals surface area contributed by atoms with Crippen molar-refractivity contribution in [2.45, 2.75) is 6.43 Å². The van der Waals surface area contributed by atoms with Crippen molar-refractivity contribution < 1.29 is 18.5 Å². The third kappa shape index (κ3) is 3.92. The number of carbonyl (C=O) groups excluding carboxylic acids is 1. The van der Waals surface area contributed by atoms with Crippen LogP contribution in [0.1, 0.15) is 22.5 Å². The highest BCUT2D eigenvalue weighted by molar-refractivity contribution is 6.34. The van der Waals surface area contributed by atoms with E-state index in [9.17, 15) is 23.7 Å². The van der Waals surface area contributed by atoms with Crippen molar-refractivity contribution >= 4 is 34.5 Å². The van der Waals surface area contributed by atoms with E-state index in [0.29, 0.717) is 5.56 Å². The van der Waals surface area contributed by atoms with E-state index < -0.39 is 22.9 Å². The van der Waals surface area contributed by atoms with Gasteiger partial charge in [0.15, 0.2) is 5.65 Å². The average molecular weight is 444 g/mol. The molecule has 0 aliphatic rings. The van der Waals surface area contributed by atoms with Gasteiger partial charge in [0.1, 0.15) is 11.3 Å². The molecule has 2 heterocycles. The predicted molar refractivity (Wildman–Crippen MR) is 109 cm³/mol. The Bertz CT molecular complexity index is 1310. The number of hydrogen-bond donors (Lipinski definition) is 1. The number of nitrogens with zero attached hydrogens (tertiary/aromatic N) is 4. The first-order valence-corrected chi connectivity index (χ1v) is 9.20. The molecular formula is C20H12ClF2N5O3. The van der Waals surface area contributed by atoms with Crippen molar-refractivity contribution in [1.82, 2.24) is 14.6 Å². The predicted octanol–water partition coefficient (Wildman–Crippen LogP) is 5.15. The van der Waals surface area contributed by atoms with Crippen LogP contribution in [0.3, 0.4) is 0 Å². The lowest BCUT2D eigenvalue weighted by atomic mass is 10.1. The quantitative estimate of drug-likeness (QED) is 0.339. The van der Waals surface area contributed by atoms with Crippen LogP contribution in [0.4, 0.5) is 20.2 Å². The van der Waals surface area contributed by atoms with Crippen LogP contribution in [0.5, 0.6) is 0 Å². The van der Waals surface area contributed by atoms with Crippen LogP contribution in [0.2, 0.25) is 5.02 Å². The minimum Gasteiger partial charge on any atom is -0.320 e. The molecule has 0 radical (unpaired) electrons. The number of halogens is 3. The topological polar surface area (TPSA) is 102 Å². The van der Waals surface area contributed by atoms with Crippen molar-refractivity contribution in [3.8, 4) is 11.3 Å². The molecule has 4 rings (SSSR count). The molecule has 0 saturated heterocycles. The molecule has 8 nitrogen and oxygen atoms in total. The first-order chi connectivity index (χ1) is 14.8. The zero-order chi connectivity index (χ0) is 22.1. The lowest BCUT2D eigenvalue weighted by Gasteiger charge is -2.09. The zero-order valence-corrected chi connectivity index (χ0v) is 16.3. The molecule has 1 N–H and O–H groups in total. The number of anilines is 1. The lowest BCUT2D eigenvalue weighted by molar-refractivity contribution is -0.384. The number of non-ortho nitro benzene ring substituents is 1. The molecule has 2 aromatic heterocycles. The number of fused-ring (bicyclic) bond motifs is 1. The highest BCUT2D eigenvalue weighted by Gasteiger charge is 2.22. The van der Waals surface area contributed by atoms with Crippen LogP contribution in [0.15, 0.2) is 60.8 Å². The van der Waals surface area contributed by atoms with Gasteiger partial charge in [-0.15, -0.1) is 0 Å². The Labute approximate surface area is 178 Å². The number of nitro benzene ring substituents is 1. The van der Waals surface area contributed by atoms with Crippen LogP contribution < -0.4 is 5.32 Å². The third-order valence-electron chi connectivity index (χ3n) is 4.45. The van der Waals surface area contributed by atoms with Crippen molar-refractivity contribution in [1.29, 1.82) is 0 Å².